The zero-order chi connectivity index (χ0) is 74.5. The molecule has 2 aromatic heterocycles. The first-order valence-electron chi connectivity index (χ1n) is 33.9. The fraction of sp³-hybridized carbons (Fsp3) is 0.172. The van der Waals surface area contributed by atoms with E-state index in [2.05, 4.69) is 147 Å². The third kappa shape index (κ3) is 30.1. The lowest BCUT2D eigenvalue weighted by Gasteiger charge is -2.04. The molecule has 12 rings (SSSR count). The number of ketones is 1. The van der Waals surface area contributed by atoms with Crippen LogP contribution in [0.25, 0.3) is 73.9 Å². The molecule has 0 spiro atoms. The van der Waals surface area contributed by atoms with Gasteiger partial charge in [0, 0.05) is 41.1 Å². The van der Waals surface area contributed by atoms with Crippen molar-refractivity contribution in [3.05, 3.63) is 371 Å². The largest absolute Gasteiger partial charge is 0.466 e. The molecule has 0 atom stereocenters. The highest BCUT2D eigenvalue weighted by Gasteiger charge is 2.03. The number of carbonyl (C=O) groups excluding carboxylic acids is 3. The van der Waals surface area contributed by atoms with Crippen LogP contribution in [0.3, 0.4) is 0 Å². The molecule has 522 valence electrons. The smallest absolute Gasteiger partial charge is 0.339 e. The van der Waals surface area contributed by atoms with Gasteiger partial charge in [0.25, 0.3) is 0 Å². The van der Waals surface area contributed by atoms with Crippen LogP contribution in [-0.2, 0) is 19.1 Å². The summed E-state index contributed by atoms with van der Waals surface area (Å²) in [6, 6.07) is 74.1. The Morgan fingerprint density at radius 3 is 1.02 bits per heavy atom. The number of amides is 1. The predicted octanol–water partition coefficient (Wildman–Crippen LogP) is 22.6. The number of likely N-dealkylation sites (N-methyl/N-ethyl adjacent to an activating group) is 1. The van der Waals surface area contributed by atoms with Gasteiger partial charge in [-0.15, -0.1) is 0 Å². The first-order valence-corrected chi connectivity index (χ1v) is 33.9. The number of rotatable bonds is 9. The van der Waals surface area contributed by atoms with Crippen LogP contribution in [0.5, 0.6) is 0 Å². The number of benzene rings is 10. The van der Waals surface area contributed by atoms with Crippen LogP contribution in [0.4, 0.5) is 0 Å². The molecule has 0 saturated carbocycles. The van der Waals surface area contributed by atoms with E-state index in [0.29, 0.717) is 22.3 Å². The second-order valence-electron chi connectivity index (χ2n) is 24.8. The molecule has 9 nitrogen and oxygen atoms in total. The van der Waals surface area contributed by atoms with Crippen molar-refractivity contribution in [2.24, 2.45) is 0 Å². The Labute approximate surface area is 603 Å². The second kappa shape index (κ2) is 42.9. The van der Waals surface area contributed by atoms with Crippen molar-refractivity contribution in [2.75, 3.05) is 14.2 Å². The highest BCUT2D eigenvalue weighted by molar-refractivity contribution is 5.99. The van der Waals surface area contributed by atoms with Gasteiger partial charge in [0.05, 0.1) is 7.11 Å². The van der Waals surface area contributed by atoms with E-state index in [1.807, 2.05) is 200 Å². The molecule has 0 aliphatic heterocycles. The van der Waals surface area contributed by atoms with Crippen molar-refractivity contribution in [3.8, 4) is 0 Å². The Morgan fingerprint density at radius 2 is 0.647 bits per heavy atom. The molecule has 0 unspecified atom stereocenters. The van der Waals surface area contributed by atoms with Gasteiger partial charge in [-0.2, -0.15) is 0 Å². The average Bonchev–Trinajstić information content (AvgIpc) is 0.764. The molecule has 10 aromatic carbocycles. The van der Waals surface area contributed by atoms with Crippen LogP contribution in [0, 0.1) is 76.2 Å². The molecular weight excluding hydrogens is 1260 g/mol. The second-order valence-corrected chi connectivity index (χ2v) is 24.8. The van der Waals surface area contributed by atoms with E-state index in [4.69, 9.17) is 8.83 Å². The predicted molar refractivity (Wildman–Crippen MR) is 433 cm³/mol. The van der Waals surface area contributed by atoms with E-state index in [-0.39, 0.29) is 28.9 Å². The fourth-order valence-corrected chi connectivity index (χ4v) is 9.41. The quantitative estimate of drug-likeness (QED) is 0.0377. The fourth-order valence-electron chi connectivity index (χ4n) is 9.41. The third-order valence-corrected chi connectivity index (χ3v) is 15.4. The molecule has 0 aliphatic rings. The summed E-state index contributed by atoms with van der Waals surface area (Å²) in [5, 5.41) is 9.78. The highest BCUT2D eigenvalue weighted by atomic mass is 16.5. The zero-order valence-corrected chi connectivity index (χ0v) is 62.0. The first kappa shape index (κ1) is 80.9. The van der Waals surface area contributed by atoms with Crippen LogP contribution in [0.1, 0.15) is 110 Å². The molecule has 1 amide bonds. The summed E-state index contributed by atoms with van der Waals surface area (Å²) in [7, 11) is 2.98. The molecule has 2 heterocycles. The standard InChI is InChI=1S/C16H14.C16H16.C11H13NO.2C11H10O2.C11H12O2.C11H12O.C6H10/c1-11-3-5-13-10-16-8-12(2)4-6-14(16)9-15(13)7-11;1-13-3-7-15(8-4-13)11-12-16-9-5-14(2)6-10-16;1-9-3-5-10(6-4-9)7-8-11(13)12-2;1-7-3-4-10-9(5-7)6-8(2)11(12)13-10;1-7-3-4-9-6-8(2)11(12)13-10(9)5-7;1-9-3-5-10(6-4-9)7-8-11(12)13-2;1-9-3-6-11(7-4-9)8-5-10(2)12;1-3-5-6-4-2/h3-10H,1-2H3;3-12H,1-2H3;3-8H,1-2H3,(H,12,13);2*3-6H,1-2H3;3-8H,1-2H3;3-8H,1-2H3;3-6H,1-2H3/b;12-11+;8-7+;;;8-7+;8-5+;5-3+,6-4+. The molecule has 0 fully saturated rings. The van der Waals surface area contributed by atoms with Crippen molar-refractivity contribution in [3.63, 3.8) is 0 Å². The molecule has 9 heteroatoms. The number of hydrogen-bond donors (Lipinski definition) is 1. The lowest BCUT2D eigenvalue weighted by atomic mass is 10.0. The molecule has 0 bridgehead atoms. The van der Waals surface area contributed by atoms with E-state index >= 15 is 0 Å². The third-order valence-electron chi connectivity index (χ3n) is 15.4. The number of carbonyl (C=O) groups is 3. The average molecular weight is 1360 g/mol. The number of nitrogens with one attached hydrogen (secondary N) is 1. The van der Waals surface area contributed by atoms with Crippen molar-refractivity contribution in [2.45, 2.75) is 96.9 Å². The molecular formula is C93H97NO8. The van der Waals surface area contributed by atoms with Crippen molar-refractivity contribution in [1.82, 2.24) is 5.32 Å². The zero-order valence-electron chi connectivity index (χ0n) is 62.0. The Kier molecular flexibility index (Phi) is 34.0. The lowest BCUT2D eigenvalue weighted by Crippen LogP contribution is -2.13. The Hall–Kier alpha value is -11.8. The van der Waals surface area contributed by atoms with Crippen LogP contribution in [-0.4, -0.2) is 31.8 Å². The minimum atomic E-state index is -0.333. The molecule has 0 radical (unpaired) electrons. The number of fused-ring (bicyclic) bond motifs is 4. The normalized spacial score (nSPS) is 10.7. The van der Waals surface area contributed by atoms with E-state index < -0.39 is 0 Å². The van der Waals surface area contributed by atoms with E-state index in [1.54, 1.807) is 46.0 Å². The number of allylic oxidation sites excluding steroid dienone is 5. The molecule has 0 saturated heterocycles. The van der Waals surface area contributed by atoms with Gasteiger partial charge in [-0.1, -0.05) is 263 Å². The van der Waals surface area contributed by atoms with Gasteiger partial charge in [0.15, 0.2) is 5.78 Å². The molecule has 102 heavy (non-hydrogen) atoms. The Bertz CT molecular complexity index is 4800. The topological polar surface area (TPSA) is 133 Å². The van der Waals surface area contributed by atoms with Crippen molar-refractivity contribution in [1.29, 1.82) is 0 Å². The summed E-state index contributed by atoms with van der Waals surface area (Å²) in [4.78, 5) is 54.5. The van der Waals surface area contributed by atoms with Crippen LogP contribution in [0.2, 0.25) is 0 Å². The van der Waals surface area contributed by atoms with E-state index in [1.165, 1.54) is 96.4 Å². The highest BCUT2D eigenvalue weighted by Crippen LogP contribution is 2.25. The van der Waals surface area contributed by atoms with Crippen molar-refractivity contribution >= 4 is 91.5 Å². The summed E-state index contributed by atoms with van der Waals surface area (Å²) in [6.45, 7) is 27.6. The van der Waals surface area contributed by atoms with Gasteiger partial charge in [-0.25, -0.2) is 14.4 Å². The minimum Gasteiger partial charge on any atom is -0.466 e. The van der Waals surface area contributed by atoms with Gasteiger partial charge in [0.2, 0.25) is 5.91 Å². The number of hydrogen-bond acceptors (Lipinski definition) is 8. The van der Waals surface area contributed by atoms with Crippen LogP contribution >= 0.6 is 0 Å². The molecule has 1 N–H and O–H groups in total. The van der Waals surface area contributed by atoms with Gasteiger partial charge >= 0.3 is 17.2 Å². The van der Waals surface area contributed by atoms with Gasteiger partial charge in [-0.05, 0) is 213 Å². The first-order chi connectivity index (χ1) is 48.8. The van der Waals surface area contributed by atoms with Crippen LogP contribution < -0.4 is 16.6 Å². The number of aryl methyl sites for hydroxylation is 11. The maximum atomic E-state index is 11.2. The summed E-state index contributed by atoms with van der Waals surface area (Å²) < 4.78 is 14.7. The maximum absolute atomic E-state index is 11.2. The summed E-state index contributed by atoms with van der Waals surface area (Å²) in [6.07, 6.45) is 22.1. The minimum absolute atomic E-state index is 0.0792. The Morgan fingerprint density at radius 1 is 0.333 bits per heavy atom. The SMILES string of the molecule is C/C=C/C=C/C.CC(=O)/C=C/c1ccc(C)cc1.CNC(=O)/C=C/c1ccc(C)cc1.COC(=O)/C=C/c1ccc(C)cc1.Cc1ccc(/C=C/c2ccc(C)cc2)cc1.Cc1ccc2cc(C)c(=O)oc2c1.Cc1ccc2cc3cc(C)ccc3cc2c1.Cc1ccc2oc(=O)c(C)cc2c1. The monoisotopic (exact) mass is 1360 g/mol. The van der Waals surface area contributed by atoms with Crippen molar-refractivity contribution < 1.29 is 28.0 Å². The lowest BCUT2D eigenvalue weighted by molar-refractivity contribution is -0.134. The van der Waals surface area contributed by atoms with Crippen LogP contribution in [0.15, 0.2) is 279 Å². The van der Waals surface area contributed by atoms with Gasteiger partial charge in [-0.3, -0.25) is 9.59 Å². The molecule has 12 aromatic rings. The summed E-state index contributed by atoms with van der Waals surface area (Å²) in [5.41, 5.74) is 18.8. The molecule has 0 aliphatic carbocycles. The number of esters is 1. The van der Waals surface area contributed by atoms with E-state index in [9.17, 15) is 24.0 Å². The van der Waals surface area contributed by atoms with E-state index in [0.717, 1.165) is 33.0 Å². The van der Waals surface area contributed by atoms with Gasteiger partial charge in [0.1, 0.15) is 11.2 Å². The van der Waals surface area contributed by atoms with Gasteiger partial charge < -0.3 is 18.9 Å². The Balaban J connectivity index is 0.000000212. The summed E-state index contributed by atoms with van der Waals surface area (Å²) >= 11 is 0. The number of methoxy groups -OCH3 is 1. The number of ether oxygens (including phenoxy) is 1. The maximum Gasteiger partial charge on any atom is 0.339 e. The summed E-state index contributed by atoms with van der Waals surface area (Å²) in [5.74, 6) is -0.336.